The van der Waals surface area contributed by atoms with Crippen molar-refractivity contribution in [2.75, 3.05) is 9.96 Å². The first-order valence-electron chi connectivity index (χ1n) is 10.3. The molecule has 0 saturated carbocycles. The molecule has 0 spiro atoms. The largest absolute Gasteiger partial charge is 0.273 e. The van der Waals surface area contributed by atoms with Crippen LogP contribution >= 0.6 is 11.6 Å². The van der Waals surface area contributed by atoms with Crippen LogP contribution in [0.1, 0.15) is 17.2 Å². The fraction of sp³-hybridized carbons (Fsp3) is 0.167. The van der Waals surface area contributed by atoms with E-state index in [2.05, 4.69) is 0 Å². The van der Waals surface area contributed by atoms with Gasteiger partial charge in [-0.25, -0.2) is 9.96 Å². The molecule has 0 bridgehead atoms. The number of aryl methyl sites for hydroxylation is 1. The molecule has 0 N–H and O–H groups in total. The molecule has 166 valence electrons. The topological polar surface area (TPSA) is 93.0 Å². The van der Waals surface area contributed by atoms with Gasteiger partial charge >= 0.3 is 0 Å². The highest BCUT2D eigenvalue weighted by molar-refractivity contribution is 6.31. The molecule has 5 rings (SSSR count). The summed E-state index contributed by atoms with van der Waals surface area (Å²) in [4.78, 5) is 45.0. The molecule has 0 radical (unpaired) electrons. The van der Waals surface area contributed by atoms with Crippen LogP contribution in [0.2, 0.25) is 5.02 Å². The van der Waals surface area contributed by atoms with Crippen molar-refractivity contribution in [2.24, 2.45) is 5.92 Å². The standard InChI is InChI=1S/C24H18ClN3O5/c1-14-7-9-15(10-8-14)26-23(29)20-21(18-13-17(28(31)32)11-12-19(18)25)27(33-22(20)24(26)30)16-5-3-2-4-6-16/h2-13,20-22H,1H3/t20-,21-,22-/m0/s1. The van der Waals surface area contributed by atoms with E-state index in [0.29, 0.717) is 16.9 Å². The van der Waals surface area contributed by atoms with Gasteiger partial charge in [0.1, 0.15) is 5.92 Å². The van der Waals surface area contributed by atoms with Crippen LogP contribution in [0.4, 0.5) is 17.1 Å². The maximum Gasteiger partial charge on any atom is 0.269 e. The van der Waals surface area contributed by atoms with Gasteiger partial charge < -0.3 is 0 Å². The smallest absolute Gasteiger partial charge is 0.269 e. The van der Waals surface area contributed by atoms with Gasteiger partial charge in [-0.2, -0.15) is 0 Å². The molecule has 3 atom stereocenters. The Morgan fingerprint density at radius 2 is 1.64 bits per heavy atom. The quantitative estimate of drug-likeness (QED) is 0.319. The summed E-state index contributed by atoms with van der Waals surface area (Å²) in [5.74, 6) is -1.86. The predicted octanol–water partition coefficient (Wildman–Crippen LogP) is 4.61. The van der Waals surface area contributed by atoms with Gasteiger partial charge in [-0.1, -0.05) is 47.5 Å². The molecule has 2 aliphatic rings. The first-order valence-corrected chi connectivity index (χ1v) is 10.6. The first-order chi connectivity index (χ1) is 15.9. The van der Waals surface area contributed by atoms with E-state index in [9.17, 15) is 19.7 Å². The van der Waals surface area contributed by atoms with Crippen molar-refractivity contribution >= 4 is 40.5 Å². The number of para-hydroxylation sites is 1. The Morgan fingerprint density at radius 1 is 0.939 bits per heavy atom. The second kappa shape index (κ2) is 7.99. The fourth-order valence-corrected chi connectivity index (χ4v) is 4.58. The third-order valence-corrected chi connectivity index (χ3v) is 6.27. The van der Waals surface area contributed by atoms with Crippen molar-refractivity contribution in [1.29, 1.82) is 0 Å². The molecule has 2 fully saturated rings. The third kappa shape index (κ3) is 3.44. The van der Waals surface area contributed by atoms with Crippen molar-refractivity contribution in [3.05, 3.63) is 99.1 Å². The Kier molecular flexibility index (Phi) is 5.11. The summed E-state index contributed by atoms with van der Waals surface area (Å²) >= 11 is 6.46. The molecule has 0 aliphatic carbocycles. The number of rotatable bonds is 4. The van der Waals surface area contributed by atoms with Crippen LogP contribution in [0, 0.1) is 23.0 Å². The zero-order chi connectivity index (χ0) is 23.3. The highest BCUT2D eigenvalue weighted by atomic mass is 35.5. The SMILES string of the molecule is Cc1ccc(N2C(=O)[C@@H]3[C@H](ON(c4ccccc4)[C@H]3c3cc([N+](=O)[O-])ccc3Cl)C2=O)cc1. The summed E-state index contributed by atoms with van der Waals surface area (Å²) in [6.07, 6.45) is -1.08. The number of hydrogen-bond acceptors (Lipinski definition) is 6. The van der Waals surface area contributed by atoms with E-state index < -0.39 is 34.8 Å². The minimum Gasteiger partial charge on any atom is -0.273 e. The summed E-state index contributed by atoms with van der Waals surface area (Å²) in [5.41, 5.74) is 2.21. The summed E-state index contributed by atoms with van der Waals surface area (Å²) in [6, 6.07) is 19.2. The number of carbonyl (C=O) groups excluding carboxylic acids is 2. The van der Waals surface area contributed by atoms with Gasteiger partial charge in [0, 0.05) is 22.7 Å². The Bertz CT molecular complexity index is 1260. The van der Waals surface area contributed by atoms with Crippen LogP contribution < -0.4 is 9.96 Å². The summed E-state index contributed by atoms with van der Waals surface area (Å²) in [7, 11) is 0. The minimum absolute atomic E-state index is 0.168. The lowest BCUT2D eigenvalue weighted by atomic mass is 9.90. The number of amides is 2. The first kappa shape index (κ1) is 21.1. The summed E-state index contributed by atoms with van der Waals surface area (Å²) in [5, 5.41) is 13.1. The normalized spacial score (nSPS) is 22.1. The molecule has 2 saturated heterocycles. The lowest BCUT2D eigenvalue weighted by Gasteiger charge is -2.29. The molecule has 3 aromatic carbocycles. The fourth-order valence-electron chi connectivity index (χ4n) is 4.35. The molecule has 2 amide bonds. The van der Waals surface area contributed by atoms with Crippen LogP contribution in [0.5, 0.6) is 0 Å². The van der Waals surface area contributed by atoms with E-state index in [1.54, 1.807) is 36.4 Å². The second-order valence-electron chi connectivity index (χ2n) is 7.97. The highest BCUT2D eigenvalue weighted by Crippen LogP contribution is 2.49. The molecule has 0 aromatic heterocycles. The Hall–Kier alpha value is -3.75. The van der Waals surface area contributed by atoms with Crippen LogP contribution in [0.3, 0.4) is 0 Å². The minimum atomic E-state index is -1.08. The van der Waals surface area contributed by atoms with Crippen molar-refractivity contribution < 1.29 is 19.3 Å². The average Bonchev–Trinajstić information content (AvgIpc) is 3.31. The Morgan fingerprint density at radius 3 is 2.30 bits per heavy atom. The lowest BCUT2D eigenvalue weighted by Crippen LogP contribution is -2.37. The predicted molar refractivity (Wildman–Crippen MR) is 122 cm³/mol. The van der Waals surface area contributed by atoms with Crippen LogP contribution in [0.15, 0.2) is 72.8 Å². The number of anilines is 2. The van der Waals surface area contributed by atoms with Crippen LogP contribution in [0.25, 0.3) is 0 Å². The molecule has 9 heteroatoms. The van der Waals surface area contributed by atoms with E-state index >= 15 is 0 Å². The monoisotopic (exact) mass is 463 g/mol. The van der Waals surface area contributed by atoms with Crippen molar-refractivity contribution in [2.45, 2.75) is 19.1 Å². The number of hydroxylamine groups is 1. The van der Waals surface area contributed by atoms with E-state index in [1.165, 1.54) is 23.3 Å². The number of imide groups is 1. The number of fused-ring (bicyclic) bond motifs is 1. The number of non-ortho nitro benzene ring substituents is 1. The van der Waals surface area contributed by atoms with Crippen LogP contribution in [-0.2, 0) is 14.4 Å². The molecule has 3 aromatic rings. The number of nitrogens with zero attached hydrogens (tertiary/aromatic N) is 3. The van der Waals surface area contributed by atoms with Gasteiger partial charge in [0.2, 0.25) is 5.91 Å². The van der Waals surface area contributed by atoms with Gasteiger partial charge in [0.15, 0.2) is 6.10 Å². The number of benzene rings is 3. The molecule has 2 aliphatic heterocycles. The highest BCUT2D eigenvalue weighted by Gasteiger charge is 2.60. The van der Waals surface area contributed by atoms with Crippen molar-refractivity contribution in [3.8, 4) is 0 Å². The average molecular weight is 464 g/mol. The van der Waals surface area contributed by atoms with Gasteiger partial charge in [-0.3, -0.25) is 24.5 Å². The van der Waals surface area contributed by atoms with Gasteiger partial charge in [-0.15, -0.1) is 0 Å². The number of nitro benzene ring substituents is 1. The Balaban J connectivity index is 1.63. The van der Waals surface area contributed by atoms with E-state index in [0.717, 1.165) is 10.5 Å². The maximum atomic E-state index is 13.6. The van der Waals surface area contributed by atoms with E-state index in [4.69, 9.17) is 16.4 Å². The third-order valence-electron chi connectivity index (χ3n) is 5.93. The molecule has 8 nitrogen and oxygen atoms in total. The zero-order valence-electron chi connectivity index (χ0n) is 17.4. The summed E-state index contributed by atoms with van der Waals surface area (Å²) < 4.78 is 0. The van der Waals surface area contributed by atoms with Gasteiger partial charge in [0.25, 0.3) is 11.6 Å². The lowest BCUT2D eigenvalue weighted by molar-refractivity contribution is -0.384. The molecule has 2 heterocycles. The maximum absolute atomic E-state index is 13.6. The number of halogens is 1. The molecule has 33 heavy (non-hydrogen) atoms. The summed E-state index contributed by atoms with van der Waals surface area (Å²) in [6.45, 7) is 1.91. The Labute approximate surface area is 194 Å². The number of nitro groups is 1. The second-order valence-corrected chi connectivity index (χ2v) is 8.38. The zero-order valence-corrected chi connectivity index (χ0v) is 18.2. The van der Waals surface area contributed by atoms with E-state index in [-0.39, 0.29) is 10.7 Å². The molecular weight excluding hydrogens is 446 g/mol. The van der Waals surface area contributed by atoms with E-state index in [1.807, 2.05) is 25.1 Å². The van der Waals surface area contributed by atoms with Gasteiger partial charge in [-0.05, 0) is 37.3 Å². The number of carbonyl (C=O) groups is 2. The van der Waals surface area contributed by atoms with Crippen molar-refractivity contribution in [3.63, 3.8) is 0 Å². The molecule has 0 unspecified atom stereocenters. The number of hydrogen-bond donors (Lipinski definition) is 0. The van der Waals surface area contributed by atoms with Gasteiger partial charge in [0.05, 0.1) is 22.3 Å². The van der Waals surface area contributed by atoms with Crippen molar-refractivity contribution in [1.82, 2.24) is 0 Å². The molecular formula is C24H18ClN3O5. The van der Waals surface area contributed by atoms with Crippen LogP contribution in [-0.4, -0.2) is 22.8 Å².